The minimum atomic E-state index is -0.388. The minimum absolute atomic E-state index is 0.0377. The zero-order valence-electron chi connectivity index (χ0n) is 12.3. The number of carbonyl (C=O) groups is 1. The fourth-order valence-corrected chi connectivity index (χ4v) is 3.61. The van der Waals surface area contributed by atoms with Crippen LogP contribution in [0.2, 0.25) is 0 Å². The molecule has 2 aliphatic rings. The summed E-state index contributed by atoms with van der Waals surface area (Å²) in [5.41, 5.74) is -0.388. The van der Waals surface area contributed by atoms with Gasteiger partial charge in [-0.05, 0) is 32.6 Å². The molecular formula is C15H27NO3. The zero-order valence-corrected chi connectivity index (χ0v) is 12.3. The normalized spacial score (nSPS) is 38.1. The van der Waals surface area contributed by atoms with Crippen LogP contribution in [0.25, 0.3) is 0 Å². The molecule has 0 aromatic rings. The van der Waals surface area contributed by atoms with Gasteiger partial charge in [0.05, 0.1) is 30.3 Å². The van der Waals surface area contributed by atoms with Crippen molar-refractivity contribution in [3.05, 3.63) is 0 Å². The van der Waals surface area contributed by atoms with Gasteiger partial charge in [0.25, 0.3) is 0 Å². The summed E-state index contributed by atoms with van der Waals surface area (Å²) < 4.78 is 5.74. The molecular weight excluding hydrogens is 242 g/mol. The lowest BCUT2D eigenvalue weighted by molar-refractivity contribution is -0.130. The van der Waals surface area contributed by atoms with Crippen molar-refractivity contribution in [3.8, 4) is 0 Å². The van der Waals surface area contributed by atoms with Gasteiger partial charge in [-0.25, -0.2) is 0 Å². The summed E-state index contributed by atoms with van der Waals surface area (Å²) in [7, 11) is 0. The highest BCUT2D eigenvalue weighted by Gasteiger charge is 2.44. The van der Waals surface area contributed by atoms with Crippen LogP contribution in [0.4, 0.5) is 0 Å². The second kappa shape index (κ2) is 5.80. The monoisotopic (exact) mass is 269 g/mol. The number of rotatable bonds is 3. The van der Waals surface area contributed by atoms with Crippen LogP contribution >= 0.6 is 0 Å². The van der Waals surface area contributed by atoms with Crippen molar-refractivity contribution < 1.29 is 14.6 Å². The fourth-order valence-electron chi connectivity index (χ4n) is 3.61. The maximum atomic E-state index is 12.5. The Morgan fingerprint density at radius 3 is 2.32 bits per heavy atom. The Hall–Kier alpha value is -0.610. The van der Waals surface area contributed by atoms with Gasteiger partial charge in [0, 0.05) is 0 Å². The first-order valence-corrected chi connectivity index (χ1v) is 7.57. The number of nitrogens with one attached hydrogen (secondary N) is 1. The molecule has 0 spiro atoms. The van der Waals surface area contributed by atoms with Gasteiger partial charge in [0.1, 0.15) is 0 Å². The Balaban J connectivity index is 2.03. The average Bonchev–Trinajstić information content (AvgIpc) is 2.64. The maximum Gasteiger partial charge on any atom is 0.226 e. The van der Waals surface area contributed by atoms with Gasteiger partial charge in [0.2, 0.25) is 5.91 Å². The van der Waals surface area contributed by atoms with Gasteiger partial charge in [0.15, 0.2) is 0 Å². The molecule has 0 radical (unpaired) electrons. The molecule has 19 heavy (non-hydrogen) atoms. The Bertz CT molecular complexity index is 325. The van der Waals surface area contributed by atoms with Crippen molar-refractivity contribution >= 4 is 5.91 Å². The second-order valence-electron chi connectivity index (χ2n) is 6.42. The van der Waals surface area contributed by atoms with Crippen LogP contribution in [0, 0.1) is 11.8 Å². The zero-order chi connectivity index (χ0) is 14.0. The third-order valence-corrected chi connectivity index (χ3v) is 5.05. The summed E-state index contributed by atoms with van der Waals surface area (Å²) in [6.45, 7) is 6.11. The Morgan fingerprint density at radius 2 is 1.84 bits per heavy atom. The van der Waals surface area contributed by atoms with Crippen molar-refractivity contribution in [2.45, 2.75) is 70.6 Å². The topological polar surface area (TPSA) is 58.6 Å². The molecule has 1 saturated heterocycles. The van der Waals surface area contributed by atoms with E-state index in [0.717, 1.165) is 25.7 Å². The Labute approximate surface area is 115 Å². The highest BCUT2D eigenvalue weighted by atomic mass is 16.5. The largest absolute Gasteiger partial charge is 0.394 e. The summed E-state index contributed by atoms with van der Waals surface area (Å²) in [5, 5.41) is 12.8. The molecule has 4 nitrogen and oxygen atoms in total. The average molecular weight is 269 g/mol. The van der Waals surface area contributed by atoms with Gasteiger partial charge < -0.3 is 15.2 Å². The van der Waals surface area contributed by atoms with Crippen LogP contribution in [0.5, 0.6) is 0 Å². The lowest BCUT2D eigenvalue weighted by atomic mass is 9.81. The Kier molecular flexibility index (Phi) is 4.51. The molecule has 0 aromatic heterocycles. The van der Waals surface area contributed by atoms with Crippen molar-refractivity contribution in [1.29, 1.82) is 0 Å². The van der Waals surface area contributed by atoms with Crippen LogP contribution in [0.1, 0.15) is 52.9 Å². The van der Waals surface area contributed by atoms with E-state index in [4.69, 9.17) is 4.74 Å². The van der Waals surface area contributed by atoms with Gasteiger partial charge >= 0.3 is 0 Å². The summed E-state index contributed by atoms with van der Waals surface area (Å²) in [6, 6.07) is 0. The highest BCUT2D eigenvalue weighted by molar-refractivity contribution is 5.80. The molecule has 2 N–H and O–H groups in total. The number of aliphatic hydroxyl groups is 1. The summed E-state index contributed by atoms with van der Waals surface area (Å²) in [6.07, 6.45) is 5.25. The number of ether oxygens (including phenoxy) is 1. The quantitative estimate of drug-likeness (QED) is 0.822. The number of hydrogen-bond acceptors (Lipinski definition) is 3. The molecule has 0 bridgehead atoms. The van der Waals surface area contributed by atoms with Gasteiger partial charge in [-0.2, -0.15) is 0 Å². The number of carbonyl (C=O) groups excluding carboxylic acids is 1. The van der Waals surface area contributed by atoms with E-state index < -0.39 is 0 Å². The molecule has 0 aromatic carbocycles. The predicted molar refractivity (Wildman–Crippen MR) is 73.7 cm³/mol. The fraction of sp³-hybridized carbons (Fsp3) is 0.933. The van der Waals surface area contributed by atoms with E-state index in [2.05, 4.69) is 12.2 Å². The van der Waals surface area contributed by atoms with E-state index in [-0.39, 0.29) is 42.1 Å². The molecule has 2 fully saturated rings. The molecule has 4 atom stereocenters. The van der Waals surface area contributed by atoms with E-state index >= 15 is 0 Å². The summed E-state index contributed by atoms with van der Waals surface area (Å²) >= 11 is 0. The number of aliphatic hydroxyl groups excluding tert-OH is 1. The minimum Gasteiger partial charge on any atom is -0.394 e. The van der Waals surface area contributed by atoms with Crippen LogP contribution < -0.4 is 5.32 Å². The number of hydrogen-bond donors (Lipinski definition) is 2. The SMILES string of the molecule is CC1OC(C)C(C(=O)NC2(CO)CCCCC2)C1C. The van der Waals surface area contributed by atoms with Gasteiger partial charge in [-0.15, -0.1) is 0 Å². The van der Waals surface area contributed by atoms with E-state index in [1.807, 2.05) is 13.8 Å². The molecule has 4 heteroatoms. The lowest BCUT2D eigenvalue weighted by Crippen LogP contribution is -2.55. The predicted octanol–water partition coefficient (Wildman–Crippen LogP) is 1.86. The standard InChI is InChI=1S/C15H27NO3/c1-10-11(2)19-12(3)13(10)14(18)16-15(9-17)7-5-4-6-8-15/h10-13,17H,4-9H2,1-3H3,(H,16,18). The van der Waals surface area contributed by atoms with Crippen molar-refractivity contribution in [2.24, 2.45) is 11.8 Å². The van der Waals surface area contributed by atoms with E-state index in [1.165, 1.54) is 6.42 Å². The lowest BCUT2D eigenvalue weighted by Gasteiger charge is -2.37. The van der Waals surface area contributed by atoms with Crippen LogP contribution in [-0.4, -0.2) is 35.4 Å². The summed E-state index contributed by atoms with van der Waals surface area (Å²) in [4.78, 5) is 12.5. The van der Waals surface area contributed by atoms with Gasteiger partial charge in [-0.3, -0.25) is 4.79 Å². The van der Waals surface area contributed by atoms with Crippen molar-refractivity contribution in [2.75, 3.05) is 6.61 Å². The molecule has 4 unspecified atom stereocenters. The van der Waals surface area contributed by atoms with E-state index in [0.29, 0.717) is 0 Å². The first-order chi connectivity index (χ1) is 8.99. The second-order valence-corrected chi connectivity index (χ2v) is 6.42. The third-order valence-electron chi connectivity index (χ3n) is 5.05. The molecule has 1 amide bonds. The Morgan fingerprint density at radius 1 is 1.21 bits per heavy atom. The molecule has 1 aliphatic heterocycles. The third kappa shape index (κ3) is 2.95. The maximum absolute atomic E-state index is 12.5. The summed E-state index contributed by atoms with van der Waals surface area (Å²) in [5.74, 6) is 0.190. The molecule has 2 rings (SSSR count). The molecule has 1 aliphatic carbocycles. The van der Waals surface area contributed by atoms with Gasteiger partial charge in [-0.1, -0.05) is 26.2 Å². The number of amides is 1. The van der Waals surface area contributed by atoms with Crippen LogP contribution in [0.15, 0.2) is 0 Å². The smallest absolute Gasteiger partial charge is 0.226 e. The van der Waals surface area contributed by atoms with Crippen molar-refractivity contribution in [1.82, 2.24) is 5.32 Å². The van der Waals surface area contributed by atoms with Crippen LogP contribution in [0.3, 0.4) is 0 Å². The first-order valence-electron chi connectivity index (χ1n) is 7.57. The van der Waals surface area contributed by atoms with Crippen molar-refractivity contribution in [3.63, 3.8) is 0 Å². The van der Waals surface area contributed by atoms with E-state index in [1.54, 1.807) is 0 Å². The molecule has 1 saturated carbocycles. The highest BCUT2D eigenvalue weighted by Crippen LogP contribution is 2.34. The molecule has 110 valence electrons. The van der Waals surface area contributed by atoms with Crippen LogP contribution in [-0.2, 0) is 9.53 Å². The first kappa shape index (κ1) is 14.8. The van der Waals surface area contributed by atoms with E-state index in [9.17, 15) is 9.90 Å². The molecule has 1 heterocycles.